The van der Waals surface area contributed by atoms with E-state index in [0.717, 1.165) is 9.87 Å². The zero-order valence-electron chi connectivity index (χ0n) is 16.4. The second-order valence-electron chi connectivity index (χ2n) is 6.39. The summed E-state index contributed by atoms with van der Waals surface area (Å²) in [5, 5.41) is 0.322. The first-order valence-electron chi connectivity index (χ1n) is 8.99. The van der Waals surface area contributed by atoms with Crippen molar-refractivity contribution in [2.24, 2.45) is 0 Å². The molecule has 1 amide bonds. The standard InChI is InChI=1S/C22H20ClNO5S/c1-16-7-13-19(14-8-16)30(26,27)24(17-9-11-18(28-2)12-10-17)22(25)15-29-21-6-4-3-5-20(21)23/h3-14H,15H2,1-2H3. The molecule has 0 aliphatic rings. The van der Waals surface area contributed by atoms with Gasteiger partial charge in [-0.2, -0.15) is 4.31 Å². The monoisotopic (exact) mass is 445 g/mol. The Morgan fingerprint density at radius 1 is 0.967 bits per heavy atom. The molecule has 6 nitrogen and oxygen atoms in total. The molecule has 0 aromatic heterocycles. The number of methoxy groups -OCH3 is 1. The van der Waals surface area contributed by atoms with Crippen molar-refractivity contribution in [2.75, 3.05) is 18.0 Å². The summed E-state index contributed by atoms with van der Waals surface area (Å²) in [6, 6.07) is 19.1. The molecule has 3 rings (SSSR count). The first-order chi connectivity index (χ1) is 14.3. The number of amides is 1. The molecule has 0 fully saturated rings. The van der Waals surface area contributed by atoms with Crippen molar-refractivity contribution in [2.45, 2.75) is 11.8 Å². The van der Waals surface area contributed by atoms with E-state index in [1.165, 1.54) is 31.4 Å². The smallest absolute Gasteiger partial charge is 0.278 e. The van der Waals surface area contributed by atoms with Gasteiger partial charge in [0.05, 0.1) is 22.7 Å². The van der Waals surface area contributed by atoms with Crippen molar-refractivity contribution >= 4 is 33.2 Å². The highest BCUT2D eigenvalue weighted by Crippen LogP contribution is 2.27. The molecule has 0 radical (unpaired) electrons. The van der Waals surface area contributed by atoms with Gasteiger partial charge in [-0.05, 0) is 55.5 Å². The lowest BCUT2D eigenvalue weighted by Gasteiger charge is -2.23. The van der Waals surface area contributed by atoms with Gasteiger partial charge in [-0.3, -0.25) is 4.79 Å². The minimum Gasteiger partial charge on any atom is -0.497 e. The predicted molar refractivity (Wildman–Crippen MR) is 116 cm³/mol. The van der Waals surface area contributed by atoms with E-state index >= 15 is 0 Å². The molecule has 30 heavy (non-hydrogen) atoms. The number of para-hydroxylation sites is 1. The maximum Gasteiger partial charge on any atom is 0.278 e. The SMILES string of the molecule is COc1ccc(N(C(=O)COc2ccccc2Cl)S(=O)(=O)c2ccc(C)cc2)cc1. The van der Waals surface area contributed by atoms with E-state index in [0.29, 0.717) is 10.8 Å². The molecular weight excluding hydrogens is 426 g/mol. The molecule has 0 bridgehead atoms. The number of rotatable bonds is 7. The number of aryl methyl sites for hydroxylation is 1. The summed E-state index contributed by atoms with van der Waals surface area (Å²) in [7, 11) is -2.68. The van der Waals surface area contributed by atoms with E-state index in [4.69, 9.17) is 21.1 Å². The second-order valence-corrected chi connectivity index (χ2v) is 8.59. The maximum absolute atomic E-state index is 13.3. The highest BCUT2D eigenvalue weighted by atomic mass is 35.5. The minimum absolute atomic E-state index is 0.00462. The molecule has 0 unspecified atom stereocenters. The average molecular weight is 446 g/mol. The van der Waals surface area contributed by atoms with Crippen LogP contribution in [0.1, 0.15) is 5.56 Å². The number of carbonyl (C=O) groups is 1. The van der Waals surface area contributed by atoms with Crippen LogP contribution in [0.4, 0.5) is 5.69 Å². The summed E-state index contributed by atoms with van der Waals surface area (Å²) in [4.78, 5) is 13.0. The van der Waals surface area contributed by atoms with Crippen molar-refractivity contribution in [3.05, 3.63) is 83.4 Å². The summed E-state index contributed by atoms with van der Waals surface area (Å²) in [5.41, 5.74) is 1.07. The highest BCUT2D eigenvalue weighted by Gasteiger charge is 2.31. The summed E-state index contributed by atoms with van der Waals surface area (Å²) in [5.74, 6) is 0.0572. The fraction of sp³-hybridized carbons (Fsp3) is 0.136. The molecule has 8 heteroatoms. The number of anilines is 1. The molecule has 3 aromatic carbocycles. The quantitative estimate of drug-likeness (QED) is 0.537. The van der Waals surface area contributed by atoms with Crippen LogP contribution < -0.4 is 13.8 Å². The third kappa shape index (κ3) is 4.75. The van der Waals surface area contributed by atoms with E-state index in [1.807, 2.05) is 6.92 Å². The van der Waals surface area contributed by atoms with Crippen molar-refractivity contribution in [3.8, 4) is 11.5 Å². The fourth-order valence-corrected chi connectivity index (χ4v) is 4.31. The third-order valence-electron chi connectivity index (χ3n) is 4.28. The number of ether oxygens (including phenoxy) is 2. The average Bonchev–Trinajstić information content (AvgIpc) is 2.74. The van der Waals surface area contributed by atoms with Gasteiger partial charge in [-0.25, -0.2) is 8.42 Å². The van der Waals surface area contributed by atoms with Gasteiger partial charge in [0.2, 0.25) is 0 Å². The maximum atomic E-state index is 13.3. The van der Waals surface area contributed by atoms with Gasteiger partial charge in [0, 0.05) is 0 Å². The molecule has 0 atom stereocenters. The second kappa shape index (κ2) is 9.19. The van der Waals surface area contributed by atoms with E-state index in [-0.39, 0.29) is 16.3 Å². The van der Waals surface area contributed by atoms with Gasteiger partial charge in [0.25, 0.3) is 15.9 Å². The zero-order valence-corrected chi connectivity index (χ0v) is 18.0. The van der Waals surface area contributed by atoms with Gasteiger partial charge < -0.3 is 9.47 Å². The van der Waals surface area contributed by atoms with E-state index in [9.17, 15) is 13.2 Å². The Labute approximate surface area is 180 Å². The van der Waals surface area contributed by atoms with Crippen molar-refractivity contribution < 1.29 is 22.7 Å². The number of halogens is 1. The molecule has 156 valence electrons. The Bertz CT molecular complexity index is 1130. The summed E-state index contributed by atoms with van der Waals surface area (Å²) >= 11 is 6.06. The molecule has 0 N–H and O–H groups in total. The Kier molecular flexibility index (Phi) is 6.64. The number of sulfonamides is 1. The number of hydrogen-bond acceptors (Lipinski definition) is 5. The lowest BCUT2D eigenvalue weighted by Crippen LogP contribution is -2.40. The van der Waals surface area contributed by atoms with Gasteiger partial charge in [0.15, 0.2) is 6.61 Å². The van der Waals surface area contributed by atoms with Crippen molar-refractivity contribution in [1.29, 1.82) is 0 Å². The Hall–Kier alpha value is -3.03. The van der Waals surface area contributed by atoms with Crippen LogP contribution in [-0.2, 0) is 14.8 Å². The number of nitrogens with zero attached hydrogens (tertiary/aromatic N) is 1. The molecule has 0 aliphatic heterocycles. The molecule has 0 saturated heterocycles. The Morgan fingerprint density at radius 2 is 1.60 bits per heavy atom. The molecule has 0 heterocycles. The van der Waals surface area contributed by atoms with E-state index < -0.39 is 22.5 Å². The van der Waals surface area contributed by atoms with Crippen LogP contribution in [0.5, 0.6) is 11.5 Å². The van der Waals surface area contributed by atoms with E-state index in [2.05, 4.69) is 0 Å². The predicted octanol–water partition coefficient (Wildman–Crippen LogP) is 4.46. The lowest BCUT2D eigenvalue weighted by atomic mass is 10.2. The molecule has 0 aliphatic carbocycles. The molecule has 3 aromatic rings. The normalized spacial score (nSPS) is 11.0. The summed E-state index contributed by atoms with van der Waals surface area (Å²) in [6.07, 6.45) is 0. The van der Waals surface area contributed by atoms with Crippen LogP contribution in [0.15, 0.2) is 77.7 Å². The van der Waals surface area contributed by atoms with Crippen LogP contribution in [0, 0.1) is 6.92 Å². The van der Waals surface area contributed by atoms with Gasteiger partial charge in [-0.1, -0.05) is 41.4 Å². The largest absolute Gasteiger partial charge is 0.497 e. The number of benzene rings is 3. The molecule has 0 saturated carbocycles. The zero-order chi connectivity index (χ0) is 21.7. The minimum atomic E-state index is -4.17. The first kappa shape index (κ1) is 21.7. The van der Waals surface area contributed by atoms with Crippen molar-refractivity contribution in [3.63, 3.8) is 0 Å². The molecular formula is C22H20ClNO5S. The first-order valence-corrected chi connectivity index (χ1v) is 10.8. The number of hydrogen-bond donors (Lipinski definition) is 0. The Morgan fingerprint density at radius 3 is 2.20 bits per heavy atom. The van der Waals surface area contributed by atoms with Gasteiger partial charge >= 0.3 is 0 Å². The highest BCUT2D eigenvalue weighted by molar-refractivity contribution is 7.93. The topological polar surface area (TPSA) is 72.9 Å². The summed E-state index contributed by atoms with van der Waals surface area (Å²) in [6.45, 7) is 1.33. The lowest BCUT2D eigenvalue weighted by molar-refractivity contribution is -0.119. The van der Waals surface area contributed by atoms with Crippen LogP contribution in [0.3, 0.4) is 0 Å². The number of carbonyl (C=O) groups excluding carboxylic acids is 1. The summed E-state index contributed by atoms with van der Waals surface area (Å²) < 4.78 is 38.0. The van der Waals surface area contributed by atoms with Gasteiger partial charge in [0.1, 0.15) is 11.5 Å². The Balaban J connectivity index is 1.97. The van der Waals surface area contributed by atoms with Crippen LogP contribution in [0.25, 0.3) is 0 Å². The fourth-order valence-electron chi connectivity index (χ4n) is 2.71. The van der Waals surface area contributed by atoms with Crippen molar-refractivity contribution in [1.82, 2.24) is 0 Å². The van der Waals surface area contributed by atoms with Crippen LogP contribution in [0.2, 0.25) is 5.02 Å². The van der Waals surface area contributed by atoms with E-state index in [1.54, 1.807) is 48.5 Å². The third-order valence-corrected chi connectivity index (χ3v) is 6.36. The van der Waals surface area contributed by atoms with Crippen LogP contribution in [-0.4, -0.2) is 28.0 Å². The molecule has 0 spiro atoms. The van der Waals surface area contributed by atoms with Crippen LogP contribution >= 0.6 is 11.6 Å². The van der Waals surface area contributed by atoms with Gasteiger partial charge in [-0.15, -0.1) is 0 Å².